The second-order valence-corrected chi connectivity index (χ2v) is 4.67. The fourth-order valence-electron chi connectivity index (χ4n) is 1.89. The number of amides is 1. The molecule has 0 aromatic heterocycles. The van der Waals surface area contributed by atoms with Gasteiger partial charge in [0.25, 0.3) is 5.91 Å². The number of rotatable bonds is 5. The minimum Gasteiger partial charge on any atom is -0.486 e. The summed E-state index contributed by atoms with van der Waals surface area (Å²) < 4.78 is 24.2. The van der Waals surface area contributed by atoms with Gasteiger partial charge < -0.3 is 20.1 Å². The molecular formula is C14H19FN2O3. The van der Waals surface area contributed by atoms with E-state index in [0.29, 0.717) is 19.7 Å². The van der Waals surface area contributed by atoms with E-state index in [-0.39, 0.29) is 17.8 Å². The number of morpholine rings is 1. The van der Waals surface area contributed by atoms with Gasteiger partial charge in [0.1, 0.15) is 12.2 Å². The summed E-state index contributed by atoms with van der Waals surface area (Å²) in [5.41, 5.74) is 0. The molecule has 1 heterocycles. The number of benzene rings is 1. The summed E-state index contributed by atoms with van der Waals surface area (Å²) in [4.78, 5) is 11.8. The van der Waals surface area contributed by atoms with Gasteiger partial charge in [-0.25, -0.2) is 4.39 Å². The third kappa shape index (κ3) is 4.18. The molecule has 1 amide bonds. The van der Waals surface area contributed by atoms with Crippen LogP contribution in [0.25, 0.3) is 0 Å². The maximum absolute atomic E-state index is 13.4. The lowest BCUT2D eigenvalue weighted by Crippen LogP contribution is -2.49. The first-order chi connectivity index (χ1) is 9.66. The Labute approximate surface area is 117 Å². The van der Waals surface area contributed by atoms with E-state index in [1.54, 1.807) is 25.1 Å². The number of ether oxygens (including phenoxy) is 2. The maximum Gasteiger partial charge on any atom is 0.250 e. The zero-order chi connectivity index (χ0) is 14.4. The Morgan fingerprint density at radius 2 is 2.40 bits per heavy atom. The number of nitrogens with one attached hydrogen (secondary N) is 2. The number of para-hydroxylation sites is 1. The number of halogens is 1. The normalized spacial score (nSPS) is 20.2. The molecule has 1 fully saturated rings. The van der Waals surface area contributed by atoms with Crippen molar-refractivity contribution in [1.29, 1.82) is 0 Å². The van der Waals surface area contributed by atoms with E-state index >= 15 is 0 Å². The summed E-state index contributed by atoms with van der Waals surface area (Å²) in [6.45, 7) is 3.87. The van der Waals surface area contributed by atoms with Gasteiger partial charge in [0, 0.05) is 13.1 Å². The predicted molar refractivity (Wildman–Crippen MR) is 72.1 cm³/mol. The fraction of sp³-hybridized carbons (Fsp3) is 0.500. The summed E-state index contributed by atoms with van der Waals surface area (Å²) in [5, 5.41) is 5.82. The first-order valence-corrected chi connectivity index (χ1v) is 6.68. The van der Waals surface area contributed by atoms with Crippen molar-refractivity contribution in [3.05, 3.63) is 30.1 Å². The lowest BCUT2D eigenvalue weighted by atomic mass is 10.2. The lowest BCUT2D eigenvalue weighted by molar-refractivity contribution is -0.134. The molecule has 1 aromatic carbocycles. The molecule has 5 nitrogen and oxygen atoms in total. The van der Waals surface area contributed by atoms with Crippen LogP contribution in [-0.4, -0.2) is 44.4 Å². The second-order valence-electron chi connectivity index (χ2n) is 4.67. The highest BCUT2D eigenvalue weighted by Crippen LogP contribution is 2.16. The molecule has 1 saturated heterocycles. The highest BCUT2D eigenvalue weighted by atomic mass is 19.1. The predicted octanol–water partition coefficient (Wildman–Crippen LogP) is 0.698. The van der Waals surface area contributed by atoms with Crippen LogP contribution >= 0.6 is 0 Å². The molecule has 0 spiro atoms. The van der Waals surface area contributed by atoms with Gasteiger partial charge in [-0.15, -0.1) is 0 Å². The zero-order valence-corrected chi connectivity index (χ0v) is 11.4. The van der Waals surface area contributed by atoms with Gasteiger partial charge >= 0.3 is 0 Å². The van der Waals surface area contributed by atoms with Crippen LogP contribution in [0.4, 0.5) is 4.39 Å². The van der Waals surface area contributed by atoms with E-state index in [2.05, 4.69) is 10.6 Å². The molecule has 20 heavy (non-hydrogen) atoms. The SMILES string of the molecule is CC(CNC(=O)C1CNCCO1)Oc1ccccc1F. The molecule has 0 saturated carbocycles. The van der Waals surface area contributed by atoms with Crippen molar-refractivity contribution in [3.63, 3.8) is 0 Å². The lowest BCUT2D eigenvalue weighted by Gasteiger charge is -2.23. The highest BCUT2D eigenvalue weighted by Gasteiger charge is 2.22. The van der Waals surface area contributed by atoms with Crippen molar-refractivity contribution in [2.24, 2.45) is 0 Å². The molecular weight excluding hydrogens is 263 g/mol. The van der Waals surface area contributed by atoms with Gasteiger partial charge in [0.15, 0.2) is 11.6 Å². The third-order valence-corrected chi connectivity index (χ3v) is 2.95. The van der Waals surface area contributed by atoms with Gasteiger partial charge in [-0.3, -0.25) is 4.79 Å². The third-order valence-electron chi connectivity index (χ3n) is 2.95. The van der Waals surface area contributed by atoms with E-state index < -0.39 is 11.9 Å². The molecule has 0 bridgehead atoms. The zero-order valence-electron chi connectivity index (χ0n) is 11.4. The first kappa shape index (κ1) is 14.7. The van der Waals surface area contributed by atoms with Crippen molar-refractivity contribution < 1.29 is 18.7 Å². The summed E-state index contributed by atoms with van der Waals surface area (Å²) >= 11 is 0. The van der Waals surface area contributed by atoms with E-state index in [4.69, 9.17) is 9.47 Å². The smallest absolute Gasteiger partial charge is 0.250 e. The number of hydrogen-bond acceptors (Lipinski definition) is 4. The number of carbonyl (C=O) groups excluding carboxylic acids is 1. The van der Waals surface area contributed by atoms with Crippen LogP contribution in [0.15, 0.2) is 24.3 Å². The van der Waals surface area contributed by atoms with Gasteiger partial charge in [-0.1, -0.05) is 12.1 Å². The summed E-state index contributed by atoms with van der Waals surface area (Å²) in [7, 11) is 0. The quantitative estimate of drug-likeness (QED) is 0.834. The molecule has 1 aromatic rings. The van der Waals surface area contributed by atoms with Gasteiger partial charge in [-0.05, 0) is 19.1 Å². The Balaban J connectivity index is 1.76. The Kier molecular flexibility index (Phi) is 5.31. The molecule has 0 radical (unpaired) electrons. The monoisotopic (exact) mass is 282 g/mol. The van der Waals surface area contributed by atoms with Crippen molar-refractivity contribution in [1.82, 2.24) is 10.6 Å². The Bertz CT molecular complexity index is 450. The molecule has 0 aliphatic carbocycles. The Morgan fingerprint density at radius 1 is 1.60 bits per heavy atom. The number of carbonyl (C=O) groups is 1. The molecule has 1 aliphatic rings. The minimum atomic E-state index is -0.468. The summed E-state index contributed by atoms with van der Waals surface area (Å²) in [6, 6.07) is 6.19. The van der Waals surface area contributed by atoms with E-state index in [1.807, 2.05) is 0 Å². The molecule has 2 atom stereocenters. The van der Waals surface area contributed by atoms with E-state index in [1.165, 1.54) is 6.07 Å². The van der Waals surface area contributed by atoms with Crippen LogP contribution in [0.5, 0.6) is 5.75 Å². The minimum absolute atomic E-state index is 0.179. The van der Waals surface area contributed by atoms with Crippen molar-refractivity contribution in [3.8, 4) is 5.75 Å². The van der Waals surface area contributed by atoms with E-state index in [9.17, 15) is 9.18 Å². The Hall–Kier alpha value is -1.66. The average Bonchev–Trinajstić information content (AvgIpc) is 2.48. The molecule has 2 rings (SSSR count). The van der Waals surface area contributed by atoms with Gasteiger partial charge in [0.2, 0.25) is 0 Å². The summed E-state index contributed by atoms with van der Waals surface area (Å²) in [6.07, 6.45) is -0.795. The molecule has 2 N–H and O–H groups in total. The standard InChI is InChI=1S/C14H19FN2O3/c1-10(20-12-5-3-2-4-11(12)15)8-17-14(18)13-9-16-6-7-19-13/h2-5,10,13,16H,6-9H2,1H3,(H,17,18). The summed E-state index contributed by atoms with van der Waals surface area (Å²) in [5.74, 6) is -0.406. The maximum atomic E-state index is 13.4. The van der Waals surface area contributed by atoms with E-state index in [0.717, 1.165) is 6.54 Å². The van der Waals surface area contributed by atoms with Gasteiger partial charge in [0.05, 0.1) is 13.2 Å². The molecule has 2 unspecified atom stereocenters. The van der Waals surface area contributed by atoms with Crippen molar-refractivity contribution >= 4 is 5.91 Å². The van der Waals surface area contributed by atoms with Crippen LogP contribution in [0.2, 0.25) is 0 Å². The molecule has 110 valence electrons. The Morgan fingerprint density at radius 3 is 3.10 bits per heavy atom. The average molecular weight is 282 g/mol. The fourth-order valence-corrected chi connectivity index (χ4v) is 1.89. The van der Waals surface area contributed by atoms with Crippen molar-refractivity contribution in [2.75, 3.05) is 26.2 Å². The second kappa shape index (κ2) is 7.21. The first-order valence-electron chi connectivity index (χ1n) is 6.68. The van der Waals surface area contributed by atoms with Crippen LogP contribution in [0, 0.1) is 5.82 Å². The topological polar surface area (TPSA) is 59.6 Å². The van der Waals surface area contributed by atoms with Crippen LogP contribution in [0.1, 0.15) is 6.92 Å². The van der Waals surface area contributed by atoms with Crippen molar-refractivity contribution in [2.45, 2.75) is 19.1 Å². The molecule has 1 aliphatic heterocycles. The highest BCUT2D eigenvalue weighted by molar-refractivity contribution is 5.81. The van der Waals surface area contributed by atoms with Crippen LogP contribution in [-0.2, 0) is 9.53 Å². The molecule has 6 heteroatoms. The van der Waals surface area contributed by atoms with Gasteiger partial charge in [-0.2, -0.15) is 0 Å². The van der Waals surface area contributed by atoms with Crippen LogP contribution < -0.4 is 15.4 Å². The number of hydrogen-bond donors (Lipinski definition) is 2. The van der Waals surface area contributed by atoms with Crippen LogP contribution in [0.3, 0.4) is 0 Å². The largest absolute Gasteiger partial charge is 0.486 e.